The van der Waals surface area contributed by atoms with Crippen molar-refractivity contribution in [3.05, 3.63) is 69.5 Å². The molecule has 7 nitrogen and oxygen atoms in total. The summed E-state index contributed by atoms with van der Waals surface area (Å²) in [4.78, 5) is 23.6. The van der Waals surface area contributed by atoms with E-state index in [4.69, 9.17) is 4.74 Å². The number of thiazole rings is 1. The van der Waals surface area contributed by atoms with Gasteiger partial charge in [0.15, 0.2) is 5.13 Å². The molecule has 4 aromatic rings. The predicted octanol–water partition coefficient (Wildman–Crippen LogP) is 5.83. The Morgan fingerprint density at radius 1 is 1.26 bits per heavy atom. The van der Waals surface area contributed by atoms with Crippen molar-refractivity contribution >= 4 is 38.9 Å². The summed E-state index contributed by atoms with van der Waals surface area (Å²) in [6.07, 6.45) is 4.14. The van der Waals surface area contributed by atoms with Gasteiger partial charge >= 0.3 is 0 Å². The fourth-order valence-electron chi connectivity index (χ4n) is 4.36. The van der Waals surface area contributed by atoms with E-state index in [0.717, 1.165) is 43.7 Å². The van der Waals surface area contributed by atoms with Gasteiger partial charge in [0.05, 0.1) is 17.4 Å². The van der Waals surface area contributed by atoms with Gasteiger partial charge in [-0.1, -0.05) is 6.92 Å². The molecule has 8 heteroatoms. The second kappa shape index (κ2) is 8.68. The number of anilines is 1. The molecule has 0 saturated carbocycles. The van der Waals surface area contributed by atoms with Gasteiger partial charge in [-0.25, -0.2) is 9.97 Å². The van der Waals surface area contributed by atoms with Gasteiger partial charge in [0.25, 0.3) is 5.91 Å². The average molecular weight is 474 g/mol. The first-order valence-corrected chi connectivity index (χ1v) is 12.3. The molecule has 5 rings (SSSR count). The first kappa shape index (κ1) is 22.3. The smallest absolute Gasteiger partial charge is 0.254 e. The first-order valence-electron chi connectivity index (χ1n) is 11.4. The molecular formula is C26H27N5O2S. The molecule has 0 spiro atoms. The minimum Gasteiger partial charge on any atom is -0.472 e. The summed E-state index contributed by atoms with van der Waals surface area (Å²) in [5.41, 5.74) is 6.28. The minimum atomic E-state index is -0.160. The molecule has 0 atom stereocenters. The van der Waals surface area contributed by atoms with Crippen molar-refractivity contribution in [1.29, 1.82) is 0 Å². The van der Waals surface area contributed by atoms with Gasteiger partial charge in [0.2, 0.25) is 5.88 Å². The van der Waals surface area contributed by atoms with Crippen molar-refractivity contribution < 1.29 is 9.53 Å². The third-order valence-electron chi connectivity index (χ3n) is 6.16. The van der Waals surface area contributed by atoms with Crippen molar-refractivity contribution in [2.45, 2.75) is 53.7 Å². The van der Waals surface area contributed by atoms with Crippen LogP contribution in [0.2, 0.25) is 0 Å². The van der Waals surface area contributed by atoms with Crippen LogP contribution in [-0.4, -0.2) is 25.7 Å². The summed E-state index contributed by atoms with van der Waals surface area (Å²) in [7, 11) is 0. The fourth-order valence-corrected chi connectivity index (χ4v) is 5.17. The monoisotopic (exact) mass is 473 g/mol. The van der Waals surface area contributed by atoms with E-state index in [-0.39, 0.29) is 11.9 Å². The van der Waals surface area contributed by atoms with Crippen molar-refractivity contribution in [3.63, 3.8) is 0 Å². The third kappa shape index (κ3) is 3.77. The first-order chi connectivity index (χ1) is 16.4. The van der Waals surface area contributed by atoms with E-state index in [1.54, 1.807) is 6.20 Å². The van der Waals surface area contributed by atoms with Gasteiger partial charge in [-0.05, 0) is 69.5 Å². The number of hydrogen-bond donors (Lipinski definition) is 1. The quantitative estimate of drug-likeness (QED) is 0.377. The Balaban J connectivity index is 1.72. The highest BCUT2D eigenvalue weighted by Gasteiger charge is 2.27. The molecule has 0 fully saturated rings. The lowest BCUT2D eigenvalue weighted by Crippen LogP contribution is -2.16. The number of nitrogens with one attached hydrogen (secondary N) is 1. The largest absolute Gasteiger partial charge is 0.472 e. The van der Waals surface area contributed by atoms with Gasteiger partial charge in [-0.2, -0.15) is 5.10 Å². The Bertz CT molecular complexity index is 1430. The van der Waals surface area contributed by atoms with Gasteiger partial charge < -0.3 is 4.74 Å². The average Bonchev–Trinajstić information content (AvgIpc) is 3.32. The number of nitrogens with zero attached hydrogens (tertiary/aromatic N) is 4. The van der Waals surface area contributed by atoms with E-state index in [1.807, 2.05) is 43.8 Å². The number of aromatic nitrogens is 4. The maximum absolute atomic E-state index is 13.6. The fraction of sp³-hybridized carbons (Fsp3) is 0.308. The maximum atomic E-state index is 13.6. The summed E-state index contributed by atoms with van der Waals surface area (Å²) in [5, 5.41) is 9.24. The van der Waals surface area contributed by atoms with Crippen LogP contribution in [0.4, 0.5) is 5.13 Å². The number of rotatable bonds is 4. The summed E-state index contributed by atoms with van der Waals surface area (Å²) >= 11 is 1.49. The van der Waals surface area contributed by atoms with Crippen LogP contribution in [0.3, 0.4) is 0 Å². The Kier molecular flexibility index (Phi) is 5.69. The lowest BCUT2D eigenvalue weighted by molar-refractivity contribution is -0.112. The third-order valence-corrected chi connectivity index (χ3v) is 7.15. The zero-order chi connectivity index (χ0) is 24.0. The van der Waals surface area contributed by atoms with Crippen LogP contribution < -0.4 is 10.1 Å². The molecule has 0 bridgehead atoms. The summed E-state index contributed by atoms with van der Waals surface area (Å²) in [6, 6.07) is 8.33. The van der Waals surface area contributed by atoms with E-state index < -0.39 is 0 Å². The normalized spacial score (nSPS) is 14.4. The van der Waals surface area contributed by atoms with Crippen LogP contribution in [-0.2, 0) is 11.4 Å². The molecule has 0 aliphatic carbocycles. The summed E-state index contributed by atoms with van der Waals surface area (Å²) in [5.74, 6) is 0.370. The zero-order valence-corrected chi connectivity index (χ0v) is 20.8. The van der Waals surface area contributed by atoms with Gasteiger partial charge in [-0.15, -0.1) is 11.3 Å². The van der Waals surface area contributed by atoms with Gasteiger partial charge in [-0.3, -0.25) is 14.8 Å². The van der Waals surface area contributed by atoms with Crippen molar-refractivity contribution in [2.24, 2.45) is 0 Å². The number of fused-ring (bicyclic) bond motifs is 3. The minimum absolute atomic E-state index is 0.160. The Morgan fingerprint density at radius 2 is 2.09 bits per heavy atom. The molecule has 34 heavy (non-hydrogen) atoms. The van der Waals surface area contributed by atoms with Crippen molar-refractivity contribution in [3.8, 4) is 5.88 Å². The highest BCUT2D eigenvalue weighted by molar-refractivity contribution is 7.15. The number of pyridine rings is 1. The number of hydrogen-bond acceptors (Lipinski definition) is 6. The molecule has 0 unspecified atom stereocenters. The molecule has 4 heterocycles. The molecule has 1 aliphatic heterocycles. The number of ether oxygens (including phenoxy) is 1. The van der Waals surface area contributed by atoms with E-state index in [0.29, 0.717) is 29.6 Å². The Labute approximate surface area is 202 Å². The van der Waals surface area contributed by atoms with Crippen LogP contribution >= 0.6 is 11.3 Å². The Morgan fingerprint density at radius 3 is 2.79 bits per heavy atom. The van der Waals surface area contributed by atoms with E-state index >= 15 is 0 Å². The van der Waals surface area contributed by atoms with Crippen molar-refractivity contribution in [2.75, 3.05) is 5.32 Å². The molecule has 1 amide bonds. The standard InChI is InChI=1S/C26H27N5O2S/c1-6-19(24(32)30-26-29-15(4)16(5)34-26)23-20-8-7-9-27-25(20)33-13-18-11-22-17(10-21(18)23)12-28-31(22)14(2)3/h7-12,14H,6,13H2,1-5H3,(H,29,30,32). The molecule has 3 aromatic heterocycles. The highest BCUT2D eigenvalue weighted by atomic mass is 32.1. The predicted molar refractivity (Wildman–Crippen MR) is 135 cm³/mol. The SMILES string of the molecule is CCC(C(=O)Nc1nc(C)c(C)s1)=C1c2cc3cnn(C(C)C)c3cc2COc2ncccc21. The molecule has 1 aromatic carbocycles. The van der Waals surface area contributed by atoms with Crippen LogP contribution in [0.25, 0.3) is 16.5 Å². The maximum Gasteiger partial charge on any atom is 0.254 e. The van der Waals surface area contributed by atoms with Gasteiger partial charge in [0.1, 0.15) is 6.61 Å². The van der Waals surface area contributed by atoms with Gasteiger partial charge in [0, 0.05) is 39.2 Å². The second-order valence-corrected chi connectivity index (χ2v) is 9.92. The lowest BCUT2D eigenvalue weighted by Gasteiger charge is -2.16. The lowest BCUT2D eigenvalue weighted by atomic mass is 9.89. The second-order valence-electron chi connectivity index (χ2n) is 8.72. The molecule has 174 valence electrons. The van der Waals surface area contributed by atoms with Crippen LogP contribution in [0.15, 0.2) is 42.2 Å². The number of carbonyl (C=O) groups is 1. The number of aryl methyl sites for hydroxylation is 2. The van der Waals surface area contributed by atoms with E-state index in [9.17, 15) is 4.79 Å². The van der Waals surface area contributed by atoms with Crippen LogP contribution in [0.5, 0.6) is 5.88 Å². The van der Waals surface area contributed by atoms with Crippen molar-refractivity contribution in [1.82, 2.24) is 19.7 Å². The molecule has 0 radical (unpaired) electrons. The van der Waals surface area contributed by atoms with Crippen LogP contribution in [0, 0.1) is 13.8 Å². The molecular weight excluding hydrogens is 446 g/mol. The molecule has 1 N–H and O–H groups in total. The number of amides is 1. The highest BCUT2D eigenvalue weighted by Crippen LogP contribution is 2.40. The number of carbonyl (C=O) groups excluding carboxylic acids is 1. The molecule has 1 aliphatic rings. The summed E-state index contributed by atoms with van der Waals surface area (Å²) in [6.45, 7) is 10.5. The summed E-state index contributed by atoms with van der Waals surface area (Å²) < 4.78 is 8.14. The van der Waals surface area contributed by atoms with E-state index in [2.05, 4.69) is 46.4 Å². The Hall–Kier alpha value is -3.52. The molecule has 0 saturated heterocycles. The topological polar surface area (TPSA) is 81.9 Å². The number of benzene rings is 1. The van der Waals surface area contributed by atoms with Crippen LogP contribution in [0.1, 0.15) is 60.5 Å². The van der Waals surface area contributed by atoms with E-state index in [1.165, 1.54) is 11.3 Å². The zero-order valence-electron chi connectivity index (χ0n) is 20.0.